The summed E-state index contributed by atoms with van der Waals surface area (Å²) in [4.78, 5) is 16.2. The molecule has 0 bridgehead atoms. The predicted octanol–water partition coefficient (Wildman–Crippen LogP) is 3.05. The van der Waals surface area contributed by atoms with Gasteiger partial charge in [0.1, 0.15) is 5.78 Å². The summed E-state index contributed by atoms with van der Waals surface area (Å²) in [5.74, 6) is 0.807. The standard InChI is InChI=1S/C14H21NO/c1-5-12-6-7-13(15-9-12)8-14(16)11(4)10(2)3/h6-7,9-11H,5,8H2,1-4H3. The lowest BCUT2D eigenvalue weighted by Crippen LogP contribution is -2.19. The van der Waals surface area contributed by atoms with Crippen LogP contribution in [0.4, 0.5) is 0 Å². The Morgan fingerprint density at radius 1 is 1.31 bits per heavy atom. The molecule has 0 amide bonds. The van der Waals surface area contributed by atoms with Gasteiger partial charge < -0.3 is 0 Å². The minimum atomic E-state index is 0.118. The Labute approximate surface area is 98.1 Å². The van der Waals surface area contributed by atoms with Crippen molar-refractivity contribution in [3.05, 3.63) is 29.6 Å². The summed E-state index contributed by atoms with van der Waals surface area (Å²) in [5, 5.41) is 0. The van der Waals surface area contributed by atoms with Crippen molar-refractivity contribution in [2.75, 3.05) is 0 Å². The number of rotatable bonds is 5. The molecule has 0 aromatic carbocycles. The van der Waals surface area contributed by atoms with E-state index in [1.807, 2.05) is 19.2 Å². The number of aromatic nitrogens is 1. The highest BCUT2D eigenvalue weighted by molar-refractivity contribution is 5.82. The first-order valence-corrected chi connectivity index (χ1v) is 6.01. The van der Waals surface area contributed by atoms with Gasteiger partial charge in [-0.1, -0.05) is 33.8 Å². The normalized spacial score (nSPS) is 12.8. The molecule has 0 spiro atoms. The van der Waals surface area contributed by atoms with E-state index in [0.717, 1.165) is 12.1 Å². The van der Waals surface area contributed by atoms with E-state index in [2.05, 4.69) is 31.8 Å². The Balaban J connectivity index is 2.62. The van der Waals surface area contributed by atoms with Crippen molar-refractivity contribution in [2.24, 2.45) is 11.8 Å². The molecule has 1 unspecified atom stereocenters. The van der Waals surface area contributed by atoms with Crippen molar-refractivity contribution >= 4 is 5.78 Å². The van der Waals surface area contributed by atoms with Gasteiger partial charge in [0.05, 0.1) is 0 Å². The zero-order valence-electron chi connectivity index (χ0n) is 10.7. The van der Waals surface area contributed by atoms with Gasteiger partial charge in [-0.25, -0.2) is 0 Å². The third-order valence-corrected chi connectivity index (χ3v) is 3.16. The number of hydrogen-bond acceptors (Lipinski definition) is 2. The molecule has 0 aliphatic heterocycles. The summed E-state index contributed by atoms with van der Waals surface area (Å²) in [6.45, 7) is 8.25. The first-order chi connectivity index (χ1) is 7.54. The van der Waals surface area contributed by atoms with Crippen LogP contribution in [0, 0.1) is 11.8 Å². The average molecular weight is 219 g/mol. The molecule has 0 radical (unpaired) electrons. The molecular weight excluding hydrogens is 198 g/mol. The minimum Gasteiger partial charge on any atom is -0.299 e. The molecule has 0 fully saturated rings. The van der Waals surface area contributed by atoms with Crippen LogP contribution in [-0.2, 0) is 17.6 Å². The molecule has 16 heavy (non-hydrogen) atoms. The number of aryl methyl sites for hydroxylation is 1. The average Bonchev–Trinajstić information content (AvgIpc) is 2.28. The molecule has 88 valence electrons. The van der Waals surface area contributed by atoms with E-state index in [9.17, 15) is 4.79 Å². The Bertz CT molecular complexity index is 340. The van der Waals surface area contributed by atoms with Gasteiger partial charge >= 0.3 is 0 Å². The van der Waals surface area contributed by atoms with Crippen molar-refractivity contribution < 1.29 is 4.79 Å². The number of pyridine rings is 1. The Hall–Kier alpha value is -1.18. The number of nitrogens with zero attached hydrogens (tertiary/aromatic N) is 1. The van der Waals surface area contributed by atoms with Crippen molar-refractivity contribution in [2.45, 2.75) is 40.5 Å². The van der Waals surface area contributed by atoms with Gasteiger partial charge in [-0.3, -0.25) is 9.78 Å². The SMILES string of the molecule is CCc1ccc(CC(=O)C(C)C(C)C)nc1. The molecule has 0 N–H and O–H groups in total. The molecule has 1 rings (SSSR count). The van der Waals surface area contributed by atoms with E-state index in [1.165, 1.54) is 5.56 Å². The highest BCUT2D eigenvalue weighted by Crippen LogP contribution is 2.13. The van der Waals surface area contributed by atoms with Crippen LogP contribution in [0.15, 0.2) is 18.3 Å². The van der Waals surface area contributed by atoms with E-state index in [0.29, 0.717) is 12.3 Å². The lowest BCUT2D eigenvalue weighted by molar-refractivity contribution is -0.122. The molecule has 0 saturated heterocycles. The van der Waals surface area contributed by atoms with Gasteiger partial charge in [0.2, 0.25) is 0 Å². The first-order valence-electron chi connectivity index (χ1n) is 6.01. The lowest BCUT2D eigenvalue weighted by Gasteiger charge is -2.13. The number of carbonyl (C=O) groups is 1. The molecule has 2 heteroatoms. The molecule has 0 aliphatic carbocycles. The second kappa shape index (κ2) is 5.78. The van der Waals surface area contributed by atoms with Crippen LogP contribution < -0.4 is 0 Å². The Morgan fingerprint density at radius 2 is 2.00 bits per heavy atom. The molecular formula is C14H21NO. The predicted molar refractivity (Wildman–Crippen MR) is 66.3 cm³/mol. The maximum absolute atomic E-state index is 11.9. The molecule has 1 aromatic heterocycles. The summed E-state index contributed by atoms with van der Waals surface area (Å²) in [5.41, 5.74) is 2.10. The molecule has 2 nitrogen and oxygen atoms in total. The first kappa shape index (κ1) is 12.9. The van der Waals surface area contributed by atoms with Crippen molar-refractivity contribution in [3.8, 4) is 0 Å². The van der Waals surface area contributed by atoms with E-state index in [4.69, 9.17) is 0 Å². The quantitative estimate of drug-likeness (QED) is 0.762. The Kier molecular flexibility index (Phi) is 4.66. The summed E-state index contributed by atoms with van der Waals surface area (Å²) >= 11 is 0. The topological polar surface area (TPSA) is 30.0 Å². The van der Waals surface area contributed by atoms with Gasteiger partial charge in [-0.15, -0.1) is 0 Å². The number of carbonyl (C=O) groups excluding carboxylic acids is 1. The van der Waals surface area contributed by atoms with Gasteiger partial charge in [0.25, 0.3) is 0 Å². The van der Waals surface area contributed by atoms with Crippen LogP contribution in [0.5, 0.6) is 0 Å². The fraction of sp³-hybridized carbons (Fsp3) is 0.571. The second-order valence-electron chi connectivity index (χ2n) is 4.69. The van der Waals surface area contributed by atoms with Crippen molar-refractivity contribution in [1.29, 1.82) is 0 Å². The number of Topliss-reactive ketones (excluding diaryl/α,β-unsaturated/α-hetero) is 1. The van der Waals surface area contributed by atoms with Gasteiger partial charge in [-0.05, 0) is 24.0 Å². The third-order valence-electron chi connectivity index (χ3n) is 3.16. The maximum Gasteiger partial charge on any atom is 0.141 e. The molecule has 1 aromatic rings. The number of hydrogen-bond donors (Lipinski definition) is 0. The summed E-state index contributed by atoms with van der Waals surface area (Å²) in [7, 11) is 0. The van der Waals surface area contributed by atoms with E-state index in [1.54, 1.807) is 0 Å². The number of ketones is 1. The van der Waals surface area contributed by atoms with Crippen LogP contribution in [0.1, 0.15) is 39.0 Å². The van der Waals surface area contributed by atoms with E-state index < -0.39 is 0 Å². The van der Waals surface area contributed by atoms with Crippen LogP contribution >= 0.6 is 0 Å². The largest absolute Gasteiger partial charge is 0.299 e. The maximum atomic E-state index is 11.9. The second-order valence-corrected chi connectivity index (χ2v) is 4.69. The smallest absolute Gasteiger partial charge is 0.141 e. The van der Waals surface area contributed by atoms with Crippen LogP contribution in [0.3, 0.4) is 0 Å². The van der Waals surface area contributed by atoms with Crippen molar-refractivity contribution in [3.63, 3.8) is 0 Å². The molecule has 1 atom stereocenters. The Morgan fingerprint density at radius 3 is 2.44 bits per heavy atom. The molecule has 1 heterocycles. The summed E-state index contributed by atoms with van der Waals surface area (Å²) < 4.78 is 0. The van der Waals surface area contributed by atoms with Crippen LogP contribution in [0.2, 0.25) is 0 Å². The zero-order valence-corrected chi connectivity index (χ0v) is 10.7. The fourth-order valence-electron chi connectivity index (χ4n) is 1.48. The van der Waals surface area contributed by atoms with Gasteiger partial charge in [-0.2, -0.15) is 0 Å². The highest BCUT2D eigenvalue weighted by Gasteiger charge is 2.17. The van der Waals surface area contributed by atoms with Gasteiger partial charge in [0.15, 0.2) is 0 Å². The van der Waals surface area contributed by atoms with E-state index in [-0.39, 0.29) is 11.7 Å². The summed E-state index contributed by atoms with van der Waals surface area (Å²) in [6.07, 6.45) is 3.32. The van der Waals surface area contributed by atoms with Gasteiger partial charge in [0, 0.05) is 24.2 Å². The van der Waals surface area contributed by atoms with Crippen LogP contribution in [0.25, 0.3) is 0 Å². The molecule has 0 saturated carbocycles. The summed E-state index contributed by atoms with van der Waals surface area (Å²) in [6, 6.07) is 4.01. The minimum absolute atomic E-state index is 0.118. The van der Waals surface area contributed by atoms with Crippen LogP contribution in [-0.4, -0.2) is 10.8 Å². The monoisotopic (exact) mass is 219 g/mol. The highest BCUT2D eigenvalue weighted by atomic mass is 16.1. The lowest BCUT2D eigenvalue weighted by atomic mass is 9.91. The molecule has 0 aliphatic rings. The zero-order chi connectivity index (χ0) is 12.1. The van der Waals surface area contributed by atoms with Crippen molar-refractivity contribution in [1.82, 2.24) is 4.98 Å². The third kappa shape index (κ3) is 3.44. The fourth-order valence-corrected chi connectivity index (χ4v) is 1.48. The van der Waals surface area contributed by atoms with E-state index >= 15 is 0 Å².